The zero-order valence-electron chi connectivity index (χ0n) is 18.7. The number of aromatic nitrogens is 1. The third-order valence-electron chi connectivity index (χ3n) is 4.79. The fourth-order valence-electron chi connectivity index (χ4n) is 2.95. The molecule has 1 heterocycles. The summed E-state index contributed by atoms with van der Waals surface area (Å²) in [5, 5.41) is 7.42. The van der Waals surface area contributed by atoms with Crippen LogP contribution in [0.1, 0.15) is 35.2 Å². The quantitative estimate of drug-likeness (QED) is 0.320. The van der Waals surface area contributed by atoms with E-state index < -0.39 is 18.5 Å². The lowest BCUT2D eigenvalue weighted by Crippen LogP contribution is -2.28. The molecule has 3 aromatic rings. The topological polar surface area (TPSA) is 114 Å². The number of hydrogen-bond donors (Lipinski definition) is 2. The molecule has 0 saturated heterocycles. The summed E-state index contributed by atoms with van der Waals surface area (Å²) < 4.78 is 4.94. The first kappa shape index (κ1) is 24.8. The molecule has 0 spiro atoms. The summed E-state index contributed by atoms with van der Waals surface area (Å²) in [7, 11) is 0. The SMILES string of the molecule is Cc1ccc(-c2csc(NC(=O)COC(=O)CCNC(=O)CCC(=O)c3ccccc3)n2)cc1. The summed E-state index contributed by atoms with van der Waals surface area (Å²) in [4.78, 5) is 52.1. The first-order valence-electron chi connectivity index (χ1n) is 10.7. The van der Waals surface area contributed by atoms with Crippen LogP contribution in [-0.2, 0) is 19.1 Å². The molecule has 1 aromatic heterocycles. The number of Topliss-reactive ketones (excluding diaryl/α,β-unsaturated/α-hetero) is 1. The number of anilines is 1. The van der Waals surface area contributed by atoms with Crippen molar-refractivity contribution in [1.82, 2.24) is 10.3 Å². The number of hydrogen-bond acceptors (Lipinski definition) is 7. The molecule has 2 amide bonds. The van der Waals surface area contributed by atoms with Gasteiger partial charge in [-0.25, -0.2) is 4.98 Å². The number of ether oxygens (including phenoxy) is 1. The molecule has 0 radical (unpaired) electrons. The standard InChI is InChI=1S/C25H25N3O5S/c1-17-7-9-18(10-8-17)20-16-34-25(27-20)28-23(31)15-33-24(32)13-14-26-22(30)12-11-21(29)19-5-3-2-4-6-19/h2-10,16H,11-15H2,1H3,(H,26,30)(H,27,28,31). The van der Waals surface area contributed by atoms with E-state index in [0.29, 0.717) is 10.7 Å². The van der Waals surface area contributed by atoms with E-state index >= 15 is 0 Å². The Hall–Kier alpha value is -3.85. The fourth-order valence-corrected chi connectivity index (χ4v) is 3.69. The molecular formula is C25H25N3O5S. The number of carbonyl (C=O) groups excluding carboxylic acids is 4. The summed E-state index contributed by atoms with van der Waals surface area (Å²) in [5.41, 5.74) is 3.40. The largest absolute Gasteiger partial charge is 0.456 e. The summed E-state index contributed by atoms with van der Waals surface area (Å²) in [5.74, 6) is -1.56. The number of aryl methyl sites for hydroxylation is 1. The van der Waals surface area contributed by atoms with E-state index in [0.717, 1.165) is 16.8 Å². The van der Waals surface area contributed by atoms with Crippen LogP contribution >= 0.6 is 11.3 Å². The average molecular weight is 480 g/mol. The summed E-state index contributed by atoms with van der Waals surface area (Å²) in [6.07, 6.45) is 0.0346. The minimum absolute atomic E-state index is 0.0313. The number of nitrogens with one attached hydrogen (secondary N) is 2. The monoisotopic (exact) mass is 479 g/mol. The van der Waals surface area contributed by atoms with Gasteiger partial charge in [-0.3, -0.25) is 24.5 Å². The molecule has 0 aliphatic rings. The molecule has 2 aromatic carbocycles. The molecule has 0 bridgehead atoms. The van der Waals surface area contributed by atoms with Crippen LogP contribution < -0.4 is 10.6 Å². The van der Waals surface area contributed by atoms with Gasteiger partial charge in [0.15, 0.2) is 17.5 Å². The van der Waals surface area contributed by atoms with Crippen LogP contribution in [0.2, 0.25) is 0 Å². The minimum atomic E-state index is -0.615. The number of rotatable bonds is 11. The molecule has 0 atom stereocenters. The van der Waals surface area contributed by atoms with E-state index in [1.807, 2.05) is 42.6 Å². The smallest absolute Gasteiger partial charge is 0.308 e. The van der Waals surface area contributed by atoms with Crippen LogP contribution in [0, 0.1) is 6.92 Å². The lowest BCUT2D eigenvalue weighted by Gasteiger charge is -2.06. The lowest BCUT2D eigenvalue weighted by atomic mass is 10.1. The van der Waals surface area contributed by atoms with E-state index in [1.54, 1.807) is 24.3 Å². The molecule has 0 unspecified atom stereocenters. The van der Waals surface area contributed by atoms with Crippen molar-refractivity contribution in [1.29, 1.82) is 0 Å². The molecule has 0 fully saturated rings. The average Bonchev–Trinajstić information content (AvgIpc) is 3.30. The van der Waals surface area contributed by atoms with E-state index in [1.165, 1.54) is 11.3 Å². The Morgan fingerprint density at radius 3 is 2.38 bits per heavy atom. The summed E-state index contributed by atoms with van der Waals surface area (Å²) >= 11 is 1.28. The number of amides is 2. The summed E-state index contributed by atoms with van der Waals surface area (Å²) in [6.45, 7) is 1.62. The molecule has 0 saturated carbocycles. The zero-order chi connectivity index (χ0) is 24.3. The normalized spacial score (nSPS) is 10.4. The molecule has 176 valence electrons. The Labute approximate surface area is 201 Å². The van der Waals surface area contributed by atoms with Crippen LogP contribution in [0.5, 0.6) is 0 Å². The van der Waals surface area contributed by atoms with Gasteiger partial charge in [-0.2, -0.15) is 0 Å². The third kappa shape index (κ3) is 7.93. The predicted octanol–water partition coefficient (Wildman–Crippen LogP) is 3.77. The van der Waals surface area contributed by atoms with Crippen LogP contribution in [0.15, 0.2) is 60.0 Å². The van der Waals surface area contributed by atoms with Gasteiger partial charge >= 0.3 is 5.97 Å². The maximum absolute atomic E-state index is 12.0. The number of ketones is 1. The van der Waals surface area contributed by atoms with Crippen molar-refractivity contribution >= 4 is 40.0 Å². The van der Waals surface area contributed by atoms with E-state index in [-0.39, 0.29) is 37.5 Å². The van der Waals surface area contributed by atoms with Crippen molar-refractivity contribution in [3.63, 3.8) is 0 Å². The van der Waals surface area contributed by atoms with Crippen LogP contribution in [0.4, 0.5) is 5.13 Å². The van der Waals surface area contributed by atoms with E-state index in [4.69, 9.17) is 4.74 Å². The molecule has 34 heavy (non-hydrogen) atoms. The van der Waals surface area contributed by atoms with E-state index in [9.17, 15) is 19.2 Å². The Morgan fingerprint density at radius 2 is 1.65 bits per heavy atom. The second kappa shape index (κ2) is 12.4. The highest BCUT2D eigenvalue weighted by Gasteiger charge is 2.12. The molecular weight excluding hydrogens is 454 g/mol. The number of esters is 1. The highest BCUT2D eigenvalue weighted by atomic mass is 32.1. The number of benzene rings is 2. The highest BCUT2D eigenvalue weighted by molar-refractivity contribution is 7.14. The van der Waals surface area contributed by atoms with Gasteiger partial charge < -0.3 is 10.1 Å². The maximum Gasteiger partial charge on any atom is 0.308 e. The van der Waals surface area contributed by atoms with Crippen molar-refractivity contribution in [2.45, 2.75) is 26.2 Å². The Kier molecular flexibility index (Phi) is 9.04. The molecule has 3 rings (SSSR count). The van der Waals surface area contributed by atoms with Gasteiger partial charge in [0.1, 0.15) is 0 Å². The second-order valence-electron chi connectivity index (χ2n) is 7.50. The molecule has 9 heteroatoms. The van der Waals surface area contributed by atoms with E-state index in [2.05, 4.69) is 15.6 Å². The van der Waals surface area contributed by atoms with Crippen molar-refractivity contribution in [2.75, 3.05) is 18.5 Å². The van der Waals surface area contributed by atoms with Crippen molar-refractivity contribution < 1.29 is 23.9 Å². The molecule has 8 nitrogen and oxygen atoms in total. The van der Waals surface area contributed by atoms with Crippen LogP contribution in [0.25, 0.3) is 11.3 Å². The van der Waals surface area contributed by atoms with Gasteiger partial charge in [0.05, 0.1) is 12.1 Å². The maximum atomic E-state index is 12.0. The first-order valence-corrected chi connectivity index (χ1v) is 11.6. The fraction of sp³-hybridized carbons (Fsp3) is 0.240. The minimum Gasteiger partial charge on any atom is -0.456 e. The van der Waals surface area contributed by atoms with Crippen molar-refractivity contribution in [2.24, 2.45) is 0 Å². The highest BCUT2D eigenvalue weighted by Crippen LogP contribution is 2.25. The molecule has 2 N–H and O–H groups in total. The Bertz CT molecular complexity index is 1140. The molecule has 0 aliphatic carbocycles. The second-order valence-corrected chi connectivity index (χ2v) is 8.36. The lowest BCUT2D eigenvalue weighted by molar-refractivity contribution is -0.147. The Morgan fingerprint density at radius 1 is 0.912 bits per heavy atom. The van der Waals surface area contributed by atoms with Gasteiger partial charge in [-0.1, -0.05) is 60.2 Å². The number of carbonyl (C=O) groups is 4. The number of thiazole rings is 1. The van der Waals surface area contributed by atoms with Crippen LogP contribution in [0.3, 0.4) is 0 Å². The third-order valence-corrected chi connectivity index (χ3v) is 5.55. The zero-order valence-corrected chi connectivity index (χ0v) is 19.5. The van der Waals surface area contributed by atoms with Crippen molar-refractivity contribution in [3.05, 3.63) is 71.1 Å². The van der Waals surface area contributed by atoms with Gasteiger partial charge in [0.25, 0.3) is 5.91 Å². The van der Waals surface area contributed by atoms with Gasteiger partial charge in [-0.05, 0) is 6.92 Å². The van der Waals surface area contributed by atoms with Gasteiger partial charge in [-0.15, -0.1) is 11.3 Å². The van der Waals surface area contributed by atoms with Crippen LogP contribution in [-0.4, -0.2) is 41.7 Å². The van der Waals surface area contributed by atoms with Crippen molar-refractivity contribution in [3.8, 4) is 11.3 Å². The van der Waals surface area contributed by atoms with Gasteiger partial charge in [0, 0.05) is 35.9 Å². The Balaban J connectivity index is 1.30. The van der Waals surface area contributed by atoms with Gasteiger partial charge in [0.2, 0.25) is 5.91 Å². The molecule has 0 aliphatic heterocycles. The number of nitrogens with zero attached hydrogens (tertiary/aromatic N) is 1. The predicted molar refractivity (Wildman–Crippen MR) is 130 cm³/mol. The first-order chi connectivity index (χ1) is 16.4. The summed E-state index contributed by atoms with van der Waals surface area (Å²) in [6, 6.07) is 16.6.